The van der Waals surface area contributed by atoms with Crippen LogP contribution in [0.3, 0.4) is 0 Å². The summed E-state index contributed by atoms with van der Waals surface area (Å²) in [6.45, 7) is 0.467. The molecule has 1 aromatic carbocycles. The van der Waals surface area contributed by atoms with Gasteiger partial charge in [0.05, 0.1) is 6.61 Å². The lowest BCUT2D eigenvalue weighted by Crippen LogP contribution is -2.24. The summed E-state index contributed by atoms with van der Waals surface area (Å²) in [6.07, 6.45) is 4.24. The maximum atomic E-state index is 9.56. The van der Waals surface area contributed by atoms with Crippen LogP contribution >= 0.6 is 0 Å². The Labute approximate surface area is 130 Å². The third-order valence-electron chi connectivity index (χ3n) is 4.16. The number of aromatic nitrogens is 1. The molecule has 0 spiro atoms. The Bertz CT molecular complexity index is 705. The second-order valence-electron chi connectivity index (χ2n) is 5.54. The van der Waals surface area contributed by atoms with E-state index in [0.29, 0.717) is 12.1 Å². The molecule has 4 nitrogen and oxygen atoms in total. The van der Waals surface area contributed by atoms with E-state index in [9.17, 15) is 5.26 Å². The summed E-state index contributed by atoms with van der Waals surface area (Å²) in [6, 6.07) is 12.6. The number of aromatic amines is 1. The number of anilines is 1. The van der Waals surface area contributed by atoms with Crippen LogP contribution in [-0.2, 0) is 12.8 Å². The van der Waals surface area contributed by atoms with E-state index in [-0.39, 0.29) is 6.61 Å². The predicted molar refractivity (Wildman–Crippen MR) is 85.4 cm³/mol. The average molecular weight is 294 g/mol. The first-order chi connectivity index (χ1) is 10.8. The summed E-state index contributed by atoms with van der Waals surface area (Å²) < 4.78 is 0. The number of aliphatic hydroxyl groups excluding tert-OH is 1. The van der Waals surface area contributed by atoms with Crippen molar-refractivity contribution in [3.63, 3.8) is 0 Å². The van der Waals surface area contributed by atoms with Crippen molar-refractivity contribution in [2.75, 3.05) is 18.5 Å². The van der Waals surface area contributed by atoms with Crippen LogP contribution in [0.2, 0.25) is 0 Å². The Balaban J connectivity index is 2.19. The van der Waals surface area contributed by atoms with Gasteiger partial charge in [0, 0.05) is 11.1 Å². The highest BCUT2D eigenvalue weighted by molar-refractivity contribution is 5.67. The number of hydrogen-bond donors (Lipinski definition) is 2. The second kappa shape index (κ2) is 6.59. The Morgan fingerprint density at radius 2 is 1.86 bits per heavy atom. The van der Waals surface area contributed by atoms with Crippen LogP contribution in [0.25, 0.3) is 11.3 Å². The molecule has 0 bridgehead atoms. The lowest BCUT2D eigenvalue weighted by molar-refractivity contribution is -0.348. The minimum absolute atomic E-state index is 0.0382. The van der Waals surface area contributed by atoms with E-state index in [1.807, 2.05) is 18.2 Å². The highest BCUT2D eigenvalue weighted by Gasteiger charge is 2.25. The smallest absolute Gasteiger partial charge is 0.291 e. The van der Waals surface area contributed by atoms with Gasteiger partial charge in [0.1, 0.15) is 23.9 Å². The van der Waals surface area contributed by atoms with Crippen molar-refractivity contribution < 1.29 is 10.1 Å². The molecule has 0 saturated heterocycles. The van der Waals surface area contributed by atoms with E-state index in [1.165, 1.54) is 5.56 Å². The minimum atomic E-state index is 0.0382. The largest absolute Gasteiger partial charge is 0.392 e. The summed E-state index contributed by atoms with van der Waals surface area (Å²) in [5.74, 6) is 0.719. The van der Waals surface area contributed by atoms with Crippen molar-refractivity contribution in [3.8, 4) is 17.3 Å². The van der Waals surface area contributed by atoms with Gasteiger partial charge in [0.15, 0.2) is 0 Å². The number of rotatable bonds is 4. The molecule has 1 heterocycles. The zero-order chi connectivity index (χ0) is 15.4. The number of benzene rings is 1. The normalized spacial score (nSPS) is 13.3. The van der Waals surface area contributed by atoms with E-state index < -0.39 is 0 Å². The van der Waals surface area contributed by atoms with Gasteiger partial charge in [0.25, 0.3) is 5.82 Å². The van der Waals surface area contributed by atoms with Crippen molar-refractivity contribution in [1.82, 2.24) is 0 Å². The number of H-pyrrole nitrogens is 1. The quantitative estimate of drug-likeness (QED) is 0.909. The molecular formula is C18H20N3O+. The van der Waals surface area contributed by atoms with Gasteiger partial charge in [-0.05, 0) is 31.2 Å². The summed E-state index contributed by atoms with van der Waals surface area (Å²) in [5, 5.41) is 21.8. The molecule has 1 aliphatic rings. The highest BCUT2D eigenvalue weighted by Crippen LogP contribution is 2.32. The molecule has 112 valence electrons. The predicted octanol–water partition coefficient (Wildman–Crippen LogP) is 2.32. The Morgan fingerprint density at radius 3 is 2.55 bits per heavy atom. The lowest BCUT2D eigenvalue weighted by Gasteiger charge is -2.20. The van der Waals surface area contributed by atoms with Gasteiger partial charge in [-0.2, -0.15) is 5.26 Å². The molecule has 0 atom stereocenters. The second-order valence-corrected chi connectivity index (χ2v) is 5.54. The summed E-state index contributed by atoms with van der Waals surface area (Å²) in [5.41, 5.74) is 5.35. The van der Waals surface area contributed by atoms with Crippen LogP contribution in [0.1, 0.15) is 29.5 Å². The van der Waals surface area contributed by atoms with Crippen LogP contribution in [-0.4, -0.2) is 18.3 Å². The molecule has 0 saturated carbocycles. The molecule has 0 unspecified atom stereocenters. The zero-order valence-electron chi connectivity index (χ0n) is 12.5. The molecule has 0 fully saturated rings. The number of nitrogens with zero attached hydrogens (tertiary/aromatic N) is 1. The third kappa shape index (κ3) is 2.68. The molecular weight excluding hydrogens is 274 g/mol. The lowest BCUT2D eigenvalue weighted by atomic mass is 9.86. The number of hydrogen-bond acceptors (Lipinski definition) is 3. The summed E-state index contributed by atoms with van der Waals surface area (Å²) in [7, 11) is 0. The highest BCUT2D eigenvalue weighted by atomic mass is 16.3. The Hall–Kier alpha value is -2.38. The SMILES string of the molecule is N#Cc1c(NCCO)[nH+]c(-c2ccccc2)c2c1CCCC2. The van der Waals surface area contributed by atoms with Gasteiger partial charge in [-0.25, -0.2) is 4.98 Å². The topological polar surface area (TPSA) is 70.2 Å². The third-order valence-corrected chi connectivity index (χ3v) is 4.16. The van der Waals surface area contributed by atoms with Crippen LogP contribution in [0.15, 0.2) is 30.3 Å². The number of fused-ring (bicyclic) bond motifs is 1. The monoisotopic (exact) mass is 294 g/mol. The van der Waals surface area contributed by atoms with E-state index >= 15 is 0 Å². The van der Waals surface area contributed by atoms with Crippen molar-refractivity contribution >= 4 is 5.82 Å². The summed E-state index contributed by atoms with van der Waals surface area (Å²) in [4.78, 5) is 3.40. The van der Waals surface area contributed by atoms with Crippen molar-refractivity contribution in [3.05, 3.63) is 47.0 Å². The van der Waals surface area contributed by atoms with Crippen molar-refractivity contribution in [1.29, 1.82) is 5.26 Å². The fraction of sp³-hybridized carbons (Fsp3) is 0.333. The van der Waals surface area contributed by atoms with Crippen LogP contribution in [0.4, 0.5) is 5.82 Å². The first-order valence-electron chi connectivity index (χ1n) is 7.76. The fourth-order valence-corrected chi connectivity index (χ4v) is 3.16. The molecule has 2 aromatic rings. The average Bonchev–Trinajstić information content (AvgIpc) is 2.59. The van der Waals surface area contributed by atoms with E-state index in [4.69, 9.17) is 5.11 Å². The van der Waals surface area contributed by atoms with Gasteiger partial charge < -0.3 is 5.11 Å². The summed E-state index contributed by atoms with van der Waals surface area (Å²) >= 11 is 0. The molecule has 1 aromatic heterocycles. The molecule has 4 heteroatoms. The Morgan fingerprint density at radius 1 is 1.14 bits per heavy atom. The molecule has 1 aliphatic carbocycles. The molecule has 0 aliphatic heterocycles. The standard InChI is InChI=1S/C18H19N3O/c19-12-16-14-8-4-5-9-15(14)17(13-6-2-1-3-7-13)21-18(16)20-10-11-22/h1-3,6-7,22H,4-5,8-11H2,(H,20,21)/p+1. The van der Waals surface area contributed by atoms with Gasteiger partial charge >= 0.3 is 0 Å². The minimum Gasteiger partial charge on any atom is -0.392 e. The van der Waals surface area contributed by atoms with Crippen LogP contribution < -0.4 is 10.3 Å². The number of nitrogens with one attached hydrogen (secondary N) is 2. The molecule has 22 heavy (non-hydrogen) atoms. The van der Waals surface area contributed by atoms with Crippen LogP contribution in [0, 0.1) is 11.3 Å². The fourth-order valence-electron chi connectivity index (χ4n) is 3.16. The van der Waals surface area contributed by atoms with Gasteiger partial charge in [-0.3, -0.25) is 5.32 Å². The number of nitriles is 1. The van der Waals surface area contributed by atoms with Gasteiger partial charge in [-0.1, -0.05) is 30.3 Å². The van der Waals surface area contributed by atoms with Gasteiger partial charge in [-0.15, -0.1) is 0 Å². The van der Waals surface area contributed by atoms with E-state index in [1.54, 1.807) is 0 Å². The van der Waals surface area contributed by atoms with Crippen LogP contribution in [0.5, 0.6) is 0 Å². The van der Waals surface area contributed by atoms with E-state index in [2.05, 4.69) is 28.5 Å². The van der Waals surface area contributed by atoms with Crippen molar-refractivity contribution in [2.45, 2.75) is 25.7 Å². The first-order valence-corrected chi connectivity index (χ1v) is 7.76. The maximum absolute atomic E-state index is 9.56. The molecule has 0 amide bonds. The van der Waals surface area contributed by atoms with Gasteiger partial charge in [0.2, 0.25) is 0 Å². The number of pyridine rings is 1. The zero-order valence-corrected chi connectivity index (χ0v) is 12.5. The molecule has 0 radical (unpaired) electrons. The number of aliphatic hydroxyl groups is 1. The maximum Gasteiger partial charge on any atom is 0.291 e. The molecule has 3 rings (SSSR count). The first kappa shape index (κ1) is 14.6. The van der Waals surface area contributed by atoms with E-state index in [0.717, 1.165) is 48.3 Å². The van der Waals surface area contributed by atoms with Crippen molar-refractivity contribution in [2.24, 2.45) is 0 Å². The molecule has 3 N–H and O–H groups in total. The Kier molecular flexibility index (Phi) is 4.36.